The van der Waals surface area contributed by atoms with E-state index in [0.717, 1.165) is 23.8 Å². The molecule has 0 bridgehead atoms. The van der Waals surface area contributed by atoms with Gasteiger partial charge in [-0.2, -0.15) is 0 Å². The van der Waals surface area contributed by atoms with Gasteiger partial charge in [-0.05, 0) is 37.9 Å². The van der Waals surface area contributed by atoms with Gasteiger partial charge in [-0.25, -0.2) is 9.37 Å². The van der Waals surface area contributed by atoms with E-state index in [9.17, 15) is 4.39 Å². The van der Waals surface area contributed by atoms with Crippen molar-refractivity contribution in [2.24, 2.45) is 11.5 Å². The van der Waals surface area contributed by atoms with Gasteiger partial charge < -0.3 is 26.3 Å². The van der Waals surface area contributed by atoms with Crippen molar-refractivity contribution in [3.05, 3.63) is 70.4 Å². The third-order valence-electron chi connectivity index (χ3n) is 4.79. The van der Waals surface area contributed by atoms with Gasteiger partial charge >= 0.3 is 0 Å². The van der Waals surface area contributed by atoms with Crippen molar-refractivity contribution in [3.8, 4) is 0 Å². The highest BCUT2D eigenvalue weighted by atomic mass is 35.5. The highest BCUT2D eigenvalue weighted by Crippen LogP contribution is 2.28. The Kier molecular flexibility index (Phi) is 6.32. The molecule has 2 aromatic carbocycles. The zero-order chi connectivity index (χ0) is 21.1. The molecule has 0 saturated carbocycles. The predicted molar refractivity (Wildman–Crippen MR) is 117 cm³/mol. The largest absolute Gasteiger partial charge is 0.404 e. The molecular formula is C21H24ClFN6. The van der Waals surface area contributed by atoms with Gasteiger partial charge in [0.25, 0.3) is 0 Å². The lowest BCUT2D eigenvalue weighted by molar-refractivity contribution is 0.382. The molecule has 0 saturated heterocycles. The number of nitrogens with two attached hydrogens (primary N) is 2. The predicted octanol–water partition coefficient (Wildman–Crippen LogP) is 3.39. The molecule has 0 aliphatic heterocycles. The molecule has 1 heterocycles. The molecule has 1 atom stereocenters. The first-order valence-electron chi connectivity index (χ1n) is 9.14. The van der Waals surface area contributed by atoms with Gasteiger partial charge in [-0.15, -0.1) is 0 Å². The first-order valence-corrected chi connectivity index (χ1v) is 9.51. The van der Waals surface area contributed by atoms with Crippen molar-refractivity contribution < 1.29 is 4.39 Å². The summed E-state index contributed by atoms with van der Waals surface area (Å²) in [7, 11) is 3.96. The highest BCUT2D eigenvalue weighted by Gasteiger charge is 2.21. The highest BCUT2D eigenvalue weighted by molar-refractivity contribution is 6.30. The smallest absolute Gasteiger partial charge is 0.133 e. The zero-order valence-corrected chi connectivity index (χ0v) is 17.1. The van der Waals surface area contributed by atoms with E-state index < -0.39 is 11.9 Å². The number of allylic oxidation sites excluding steroid dienone is 1. The second-order valence-corrected chi connectivity index (χ2v) is 7.48. The zero-order valence-electron chi connectivity index (χ0n) is 16.4. The maximum absolute atomic E-state index is 14.7. The molecule has 0 fully saturated rings. The molecule has 5 N–H and O–H groups in total. The number of imidazole rings is 1. The van der Waals surface area contributed by atoms with Crippen LogP contribution in [0.4, 0.5) is 4.39 Å². The Hall–Kier alpha value is -2.74. The first-order chi connectivity index (χ1) is 13.8. The Bertz CT molecular complexity index is 1060. The summed E-state index contributed by atoms with van der Waals surface area (Å²) in [6.07, 6.45) is 2.25. The molecule has 6 nitrogen and oxygen atoms in total. The fourth-order valence-electron chi connectivity index (χ4n) is 3.19. The van der Waals surface area contributed by atoms with Crippen LogP contribution >= 0.6 is 11.6 Å². The van der Waals surface area contributed by atoms with Crippen molar-refractivity contribution in [1.82, 2.24) is 14.5 Å². The number of aromatic nitrogens is 2. The minimum atomic E-state index is -0.499. The number of fused-ring (bicyclic) bond motifs is 1. The van der Waals surface area contributed by atoms with E-state index in [1.807, 2.05) is 30.8 Å². The van der Waals surface area contributed by atoms with Crippen LogP contribution in [-0.4, -0.2) is 41.3 Å². The second-order valence-electron chi connectivity index (χ2n) is 7.04. The van der Waals surface area contributed by atoms with E-state index >= 15 is 0 Å². The van der Waals surface area contributed by atoms with Gasteiger partial charge in [0.05, 0.1) is 17.1 Å². The number of hydrogen-bond donors (Lipinski definition) is 3. The molecular weight excluding hydrogens is 391 g/mol. The van der Waals surface area contributed by atoms with Gasteiger partial charge in [0.15, 0.2) is 0 Å². The van der Waals surface area contributed by atoms with E-state index in [1.165, 1.54) is 12.3 Å². The van der Waals surface area contributed by atoms with E-state index in [-0.39, 0.29) is 5.56 Å². The fraction of sp³-hybridized carbons (Fsp3) is 0.238. The Morgan fingerprint density at radius 1 is 1.31 bits per heavy atom. The second kappa shape index (κ2) is 8.73. The number of nitrogens with zero attached hydrogens (tertiary/aromatic N) is 3. The minimum Gasteiger partial charge on any atom is -0.404 e. The normalized spacial score (nSPS) is 13.2. The molecule has 0 amide bonds. The summed E-state index contributed by atoms with van der Waals surface area (Å²) < 4.78 is 16.7. The fourth-order valence-corrected chi connectivity index (χ4v) is 3.32. The molecule has 29 heavy (non-hydrogen) atoms. The Balaban J connectivity index is 2.18. The lowest BCUT2D eigenvalue weighted by atomic mass is 10.1. The average molecular weight is 415 g/mol. The van der Waals surface area contributed by atoms with Gasteiger partial charge in [0.1, 0.15) is 11.6 Å². The summed E-state index contributed by atoms with van der Waals surface area (Å²) >= 11 is 5.99. The van der Waals surface area contributed by atoms with Crippen LogP contribution in [0.25, 0.3) is 16.6 Å². The third kappa shape index (κ3) is 4.32. The van der Waals surface area contributed by atoms with Crippen LogP contribution in [0.3, 0.4) is 0 Å². The monoisotopic (exact) mass is 414 g/mol. The minimum absolute atomic E-state index is 0.257. The van der Waals surface area contributed by atoms with Gasteiger partial charge in [0, 0.05) is 47.7 Å². The number of nitrogens with one attached hydrogen (secondary N) is 1. The topological polar surface area (TPSA) is 97.0 Å². The summed E-state index contributed by atoms with van der Waals surface area (Å²) in [5.74, 6) is 0.149. The van der Waals surface area contributed by atoms with E-state index in [2.05, 4.69) is 9.88 Å². The number of hydrogen-bond acceptors (Lipinski definition) is 5. The summed E-state index contributed by atoms with van der Waals surface area (Å²) in [4.78, 5) is 6.69. The molecule has 3 aromatic rings. The van der Waals surface area contributed by atoms with Crippen LogP contribution in [0.1, 0.15) is 23.0 Å². The van der Waals surface area contributed by atoms with Crippen LogP contribution in [0.15, 0.2) is 42.6 Å². The molecule has 0 aliphatic carbocycles. The maximum atomic E-state index is 14.7. The molecule has 0 radical (unpaired) electrons. The van der Waals surface area contributed by atoms with Gasteiger partial charge in [-0.3, -0.25) is 0 Å². The summed E-state index contributed by atoms with van der Waals surface area (Å²) in [5.41, 5.74) is 14.8. The Morgan fingerprint density at radius 2 is 2.00 bits per heavy atom. The van der Waals surface area contributed by atoms with Crippen molar-refractivity contribution in [1.29, 1.82) is 5.41 Å². The number of rotatable bonds is 7. The Morgan fingerprint density at radius 3 is 2.59 bits per heavy atom. The SMILES string of the molecule is CN(C)CCn1c(C(N)c2ccc(Cl)cc2)nc2cc(F)c(/C(C=N)=C/N)cc21. The summed E-state index contributed by atoms with van der Waals surface area (Å²) in [5, 5.41) is 8.12. The molecule has 0 spiro atoms. The average Bonchev–Trinajstić information content (AvgIpc) is 3.04. The van der Waals surface area contributed by atoms with Crippen molar-refractivity contribution in [3.63, 3.8) is 0 Å². The standard InChI is InChI=1S/C21H24ClFN6/c1-28(2)7-8-29-19-9-16(14(11-24)12-25)17(23)10-18(19)27-21(29)20(26)13-3-5-15(22)6-4-13/h3-6,9-12,20,24H,7-8,25-26H2,1-2H3/b14-12+,24-11?. The third-order valence-corrected chi connectivity index (χ3v) is 5.04. The molecule has 0 aliphatic rings. The first kappa shape index (κ1) is 21.0. The van der Waals surface area contributed by atoms with E-state index in [1.54, 1.807) is 18.2 Å². The van der Waals surface area contributed by atoms with Crippen molar-refractivity contribution in [2.75, 3.05) is 20.6 Å². The number of halogens is 2. The van der Waals surface area contributed by atoms with Crippen LogP contribution in [0, 0.1) is 11.2 Å². The lowest BCUT2D eigenvalue weighted by Crippen LogP contribution is -2.23. The van der Waals surface area contributed by atoms with Crippen LogP contribution in [0.5, 0.6) is 0 Å². The molecule has 152 valence electrons. The van der Waals surface area contributed by atoms with E-state index in [0.29, 0.717) is 28.5 Å². The lowest BCUT2D eigenvalue weighted by Gasteiger charge is -2.17. The molecule has 1 unspecified atom stereocenters. The van der Waals surface area contributed by atoms with Gasteiger partial charge in [0.2, 0.25) is 0 Å². The summed E-state index contributed by atoms with van der Waals surface area (Å²) in [6, 6.07) is 9.82. The quantitative estimate of drug-likeness (QED) is 0.516. The van der Waals surface area contributed by atoms with Crippen LogP contribution in [0.2, 0.25) is 5.02 Å². The number of benzene rings is 2. The van der Waals surface area contributed by atoms with Crippen LogP contribution in [-0.2, 0) is 6.54 Å². The molecule has 1 aromatic heterocycles. The summed E-state index contributed by atoms with van der Waals surface area (Å²) in [6.45, 7) is 1.38. The van der Waals surface area contributed by atoms with Crippen LogP contribution < -0.4 is 11.5 Å². The maximum Gasteiger partial charge on any atom is 0.133 e. The number of likely N-dealkylation sites (N-methyl/N-ethyl adjacent to an activating group) is 1. The van der Waals surface area contributed by atoms with Crippen molar-refractivity contribution in [2.45, 2.75) is 12.6 Å². The van der Waals surface area contributed by atoms with E-state index in [4.69, 9.17) is 28.5 Å². The molecule has 3 rings (SSSR count). The Labute approximate surface area is 174 Å². The van der Waals surface area contributed by atoms with Gasteiger partial charge in [-0.1, -0.05) is 23.7 Å². The van der Waals surface area contributed by atoms with Crippen molar-refractivity contribution >= 4 is 34.4 Å². The molecule has 8 heteroatoms.